The van der Waals surface area contributed by atoms with Crippen LogP contribution in [-0.4, -0.2) is 62.5 Å². The Labute approximate surface area is 164 Å². The lowest BCUT2D eigenvalue weighted by molar-refractivity contribution is -0.141. The van der Waals surface area contributed by atoms with Gasteiger partial charge in [-0.1, -0.05) is 24.3 Å². The van der Waals surface area contributed by atoms with Gasteiger partial charge < -0.3 is 14.5 Å². The number of methoxy groups -OCH3 is 1. The number of ether oxygens (including phenoxy) is 1. The van der Waals surface area contributed by atoms with E-state index in [0.29, 0.717) is 24.4 Å². The van der Waals surface area contributed by atoms with E-state index >= 15 is 0 Å². The van der Waals surface area contributed by atoms with Gasteiger partial charge in [-0.05, 0) is 32.3 Å². The minimum absolute atomic E-state index is 0.0468. The molecule has 0 unspecified atom stereocenters. The number of likely N-dealkylation sites (N-methyl/N-ethyl adjacent to an activating group) is 1. The first-order chi connectivity index (χ1) is 13.4. The third kappa shape index (κ3) is 3.99. The monoisotopic (exact) mass is 385 g/mol. The molecule has 148 valence electrons. The highest BCUT2D eigenvalue weighted by Crippen LogP contribution is 2.26. The molecule has 2 amide bonds. The van der Waals surface area contributed by atoms with Crippen molar-refractivity contribution in [2.24, 2.45) is 0 Å². The van der Waals surface area contributed by atoms with E-state index in [2.05, 4.69) is 0 Å². The van der Waals surface area contributed by atoms with Crippen molar-refractivity contribution in [1.29, 1.82) is 0 Å². The molecule has 2 aromatic carbocycles. The molecular weight excluding hydrogens is 361 g/mol. The maximum absolute atomic E-state index is 14.3. The number of hydrogen-bond acceptors (Lipinski definition) is 4. The predicted molar refractivity (Wildman–Crippen MR) is 105 cm³/mol. The van der Waals surface area contributed by atoms with Crippen molar-refractivity contribution in [3.63, 3.8) is 0 Å². The second kappa shape index (κ2) is 8.39. The summed E-state index contributed by atoms with van der Waals surface area (Å²) in [6.45, 7) is 0.699. The minimum Gasteiger partial charge on any atom is -0.497 e. The van der Waals surface area contributed by atoms with E-state index in [1.165, 1.54) is 11.0 Å². The van der Waals surface area contributed by atoms with E-state index in [-0.39, 0.29) is 18.4 Å². The molecule has 0 saturated carbocycles. The lowest BCUT2D eigenvalue weighted by Crippen LogP contribution is -2.54. The van der Waals surface area contributed by atoms with Gasteiger partial charge in [0.25, 0.3) is 0 Å². The zero-order chi connectivity index (χ0) is 20.3. The van der Waals surface area contributed by atoms with Crippen molar-refractivity contribution < 1.29 is 18.7 Å². The molecular formula is C21H24FN3O3. The number of nitrogens with zero attached hydrogens (tertiary/aromatic N) is 3. The first-order valence-electron chi connectivity index (χ1n) is 9.06. The highest BCUT2D eigenvalue weighted by Gasteiger charge is 2.34. The summed E-state index contributed by atoms with van der Waals surface area (Å²) in [5, 5.41) is 0. The number of anilines is 1. The van der Waals surface area contributed by atoms with E-state index in [1.807, 2.05) is 18.2 Å². The number of amides is 2. The third-order valence-corrected chi connectivity index (χ3v) is 4.85. The number of carbonyl (C=O) groups is 2. The van der Waals surface area contributed by atoms with Crippen LogP contribution >= 0.6 is 0 Å². The maximum Gasteiger partial charge on any atom is 0.246 e. The molecule has 1 aliphatic heterocycles. The van der Waals surface area contributed by atoms with Crippen molar-refractivity contribution in [3.8, 4) is 5.75 Å². The lowest BCUT2D eigenvalue weighted by atomic mass is 10.0. The normalized spacial score (nSPS) is 15.7. The SMILES string of the molecule is COc1cccc(N2CCN(C(=O)[C@@H](c3ccccc3F)N(C)C)CC2=O)c1. The molecule has 0 aromatic heterocycles. The maximum atomic E-state index is 14.3. The van der Waals surface area contributed by atoms with Crippen LogP contribution in [0.2, 0.25) is 0 Å². The highest BCUT2D eigenvalue weighted by molar-refractivity contribution is 5.98. The summed E-state index contributed by atoms with van der Waals surface area (Å²) >= 11 is 0. The Bertz CT molecular complexity index is 871. The molecule has 1 saturated heterocycles. The van der Waals surface area contributed by atoms with Crippen LogP contribution in [-0.2, 0) is 9.59 Å². The van der Waals surface area contributed by atoms with Crippen LogP contribution in [0.4, 0.5) is 10.1 Å². The number of carbonyl (C=O) groups excluding carboxylic acids is 2. The van der Waals surface area contributed by atoms with E-state index in [1.54, 1.807) is 55.3 Å². The van der Waals surface area contributed by atoms with E-state index < -0.39 is 11.9 Å². The van der Waals surface area contributed by atoms with Gasteiger partial charge in [-0.25, -0.2) is 4.39 Å². The Morgan fingerprint density at radius 1 is 1.14 bits per heavy atom. The Morgan fingerprint density at radius 2 is 1.89 bits per heavy atom. The zero-order valence-electron chi connectivity index (χ0n) is 16.3. The molecule has 1 atom stereocenters. The van der Waals surface area contributed by atoms with E-state index in [0.717, 1.165) is 5.69 Å². The molecule has 0 N–H and O–H groups in total. The number of hydrogen-bond donors (Lipinski definition) is 0. The highest BCUT2D eigenvalue weighted by atomic mass is 19.1. The number of piperazine rings is 1. The smallest absolute Gasteiger partial charge is 0.246 e. The van der Waals surface area contributed by atoms with Crippen molar-refractivity contribution in [2.45, 2.75) is 6.04 Å². The zero-order valence-corrected chi connectivity index (χ0v) is 16.3. The molecule has 1 aliphatic rings. The fourth-order valence-electron chi connectivity index (χ4n) is 3.41. The molecule has 0 spiro atoms. The molecule has 3 rings (SSSR count). The second-order valence-corrected chi connectivity index (χ2v) is 6.89. The van der Waals surface area contributed by atoms with E-state index in [9.17, 15) is 14.0 Å². The van der Waals surface area contributed by atoms with Crippen molar-refractivity contribution >= 4 is 17.5 Å². The van der Waals surface area contributed by atoms with Gasteiger partial charge in [0.1, 0.15) is 24.2 Å². The van der Waals surface area contributed by atoms with Crippen LogP contribution in [0.3, 0.4) is 0 Å². The molecule has 0 bridgehead atoms. The summed E-state index contributed by atoms with van der Waals surface area (Å²) < 4.78 is 19.5. The topological polar surface area (TPSA) is 53.1 Å². The first kappa shape index (κ1) is 19.8. The Kier molecular flexibility index (Phi) is 5.94. The number of halogens is 1. The molecule has 7 heteroatoms. The van der Waals surface area contributed by atoms with Crippen molar-refractivity contribution in [1.82, 2.24) is 9.80 Å². The lowest BCUT2D eigenvalue weighted by Gasteiger charge is -2.37. The average molecular weight is 385 g/mol. The quantitative estimate of drug-likeness (QED) is 0.793. The number of rotatable bonds is 5. The fourth-order valence-corrected chi connectivity index (χ4v) is 3.41. The molecule has 1 fully saturated rings. The Morgan fingerprint density at radius 3 is 2.54 bits per heavy atom. The largest absolute Gasteiger partial charge is 0.497 e. The molecule has 0 radical (unpaired) electrons. The van der Waals surface area contributed by atoms with Gasteiger partial charge in [0.2, 0.25) is 11.8 Å². The van der Waals surface area contributed by atoms with Crippen LogP contribution in [0.5, 0.6) is 5.75 Å². The van der Waals surface area contributed by atoms with Gasteiger partial charge >= 0.3 is 0 Å². The molecule has 28 heavy (non-hydrogen) atoms. The molecule has 6 nitrogen and oxygen atoms in total. The Hall–Kier alpha value is -2.93. The third-order valence-electron chi connectivity index (χ3n) is 4.85. The summed E-state index contributed by atoms with van der Waals surface area (Å²) in [7, 11) is 5.02. The van der Waals surface area contributed by atoms with Crippen LogP contribution in [0.1, 0.15) is 11.6 Å². The summed E-state index contributed by atoms with van der Waals surface area (Å²) in [5.41, 5.74) is 1.04. The van der Waals surface area contributed by atoms with Gasteiger partial charge in [-0.15, -0.1) is 0 Å². The van der Waals surface area contributed by atoms with Gasteiger partial charge in [0.05, 0.1) is 7.11 Å². The molecule has 0 aliphatic carbocycles. The summed E-state index contributed by atoms with van der Waals surface area (Å²) in [5.74, 6) is -0.237. The predicted octanol–water partition coefficient (Wildman–Crippen LogP) is 2.31. The Balaban J connectivity index is 1.77. The van der Waals surface area contributed by atoms with Crippen LogP contribution < -0.4 is 9.64 Å². The van der Waals surface area contributed by atoms with Gasteiger partial charge in [0, 0.05) is 30.4 Å². The van der Waals surface area contributed by atoms with Gasteiger partial charge in [-0.3, -0.25) is 14.5 Å². The van der Waals surface area contributed by atoms with Crippen molar-refractivity contribution in [3.05, 3.63) is 59.9 Å². The average Bonchev–Trinajstić information content (AvgIpc) is 2.69. The van der Waals surface area contributed by atoms with Gasteiger partial charge in [0.15, 0.2) is 0 Å². The van der Waals surface area contributed by atoms with E-state index in [4.69, 9.17) is 4.74 Å². The van der Waals surface area contributed by atoms with Crippen LogP contribution in [0.25, 0.3) is 0 Å². The summed E-state index contributed by atoms with van der Waals surface area (Å²) in [6, 6.07) is 12.7. The number of benzene rings is 2. The van der Waals surface area contributed by atoms with Gasteiger partial charge in [-0.2, -0.15) is 0 Å². The van der Waals surface area contributed by atoms with Crippen LogP contribution in [0.15, 0.2) is 48.5 Å². The summed E-state index contributed by atoms with van der Waals surface area (Å²) in [6.07, 6.45) is 0. The standard InChI is InChI=1S/C21H24FN3O3/c1-23(2)20(17-9-4-5-10-18(17)22)21(27)24-11-12-25(19(26)14-24)15-7-6-8-16(13-15)28-3/h4-10,13,20H,11-12,14H2,1-3H3/t20-/m1/s1. The second-order valence-electron chi connectivity index (χ2n) is 6.89. The first-order valence-corrected chi connectivity index (χ1v) is 9.06. The molecule has 2 aromatic rings. The minimum atomic E-state index is -0.780. The van der Waals surface area contributed by atoms with Crippen molar-refractivity contribution in [2.75, 3.05) is 45.7 Å². The molecule has 1 heterocycles. The fraction of sp³-hybridized carbons (Fsp3) is 0.333. The summed E-state index contributed by atoms with van der Waals surface area (Å²) in [4.78, 5) is 30.6. The van der Waals surface area contributed by atoms with Crippen LogP contribution in [0, 0.1) is 5.82 Å².